The fourth-order valence-corrected chi connectivity index (χ4v) is 4.19. The molecule has 29 heavy (non-hydrogen) atoms. The van der Waals surface area contributed by atoms with E-state index in [2.05, 4.69) is 11.9 Å². The van der Waals surface area contributed by atoms with Gasteiger partial charge in [-0.1, -0.05) is 38.5 Å². The Bertz CT molecular complexity index is 824. The largest absolute Gasteiger partial charge is 0.493 e. The summed E-state index contributed by atoms with van der Waals surface area (Å²) in [5.41, 5.74) is 2.91. The summed E-state index contributed by atoms with van der Waals surface area (Å²) >= 11 is 0. The van der Waals surface area contributed by atoms with Gasteiger partial charge in [-0.25, -0.2) is 4.79 Å². The monoisotopic (exact) mass is 397 g/mol. The standard InChI is InChI=1S/C24H31NO4/c1-4-6-15-28-20-13-8-7-10-17(20)22-21(24(27)29-14-5-2)16(3)25-18-11-9-12-19(26)23(18)22/h7-8,10,13,22-23H,4-6,9,11-12,14-15H2,1-3H3/t22-,23?/m1/s1. The topological polar surface area (TPSA) is 65.0 Å². The van der Waals surface area contributed by atoms with Gasteiger partial charge in [-0.2, -0.15) is 0 Å². The maximum atomic E-state index is 13.0. The van der Waals surface area contributed by atoms with Crippen LogP contribution in [0.3, 0.4) is 0 Å². The lowest BCUT2D eigenvalue weighted by atomic mass is 9.69. The second-order valence-corrected chi connectivity index (χ2v) is 7.75. The number of para-hydroxylation sites is 1. The van der Waals surface area contributed by atoms with Crippen molar-refractivity contribution in [2.24, 2.45) is 10.9 Å². The van der Waals surface area contributed by atoms with E-state index in [1.807, 2.05) is 38.1 Å². The Balaban J connectivity index is 2.08. The van der Waals surface area contributed by atoms with E-state index in [0.717, 1.165) is 49.1 Å². The van der Waals surface area contributed by atoms with E-state index in [-0.39, 0.29) is 11.8 Å². The number of ketones is 1. The molecule has 1 heterocycles. The first kappa shape index (κ1) is 21.3. The van der Waals surface area contributed by atoms with Crippen LogP contribution in [0.2, 0.25) is 0 Å². The normalized spacial score (nSPS) is 21.5. The number of benzene rings is 1. The smallest absolute Gasteiger partial charge is 0.336 e. The summed E-state index contributed by atoms with van der Waals surface area (Å²) in [6.07, 6.45) is 4.87. The lowest BCUT2D eigenvalue weighted by molar-refractivity contribution is -0.139. The molecule has 1 fully saturated rings. The Hall–Kier alpha value is -2.43. The second kappa shape index (κ2) is 9.86. The van der Waals surface area contributed by atoms with Gasteiger partial charge in [0.2, 0.25) is 0 Å². The van der Waals surface area contributed by atoms with E-state index in [9.17, 15) is 9.59 Å². The predicted octanol–water partition coefficient (Wildman–Crippen LogP) is 5.00. The molecule has 1 saturated carbocycles. The van der Waals surface area contributed by atoms with Crippen molar-refractivity contribution in [1.82, 2.24) is 0 Å². The lowest BCUT2D eigenvalue weighted by Gasteiger charge is -2.36. The molecule has 2 atom stereocenters. The summed E-state index contributed by atoms with van der Waals surface area (Å²) in [6.45, 7) is 6.89. The number of esters is 1. The molecule has 1 aromatic rings. The Morgan fingerprint density at radius 3 is 2.66 bits per heavy atom. The van der Waals surface area contributed by atoms with E-state index >= 15 is 0 Å². The third kappa shape index (κ3) is 4.60. The minimum Gasteiger partial charge on any atom is -0.493 e. The second-order valence-electron chi connectivity index (χ2n) is 7.75. The van der Waals surface area contributed by atoms with Crippen LogP contribution < -0.4 is 4.74 Å². The molecule has 0 bridgehead atoms. The van der Waals surface area contributed by atoms with Gasteiger partial charge in [0.15, 0.2) is 0 Å². The number of carbonyl (C=O) groups is 2. The van der Waals surface area contributed by atoms with Crippen molar-refractivity contribution in [3.63, 3.8) is 0 Å². The molecule has 0 radical (unpaired) electrons. The zero-order chi connectivity index (χ0) is 20.8. The maximum absolute atomic E-state index is 13.0. The number of rotatable bonds is 8. The third-order valence-corrected chi connectivity index (χ3v) is 5.57. The van der Waals surface area contributed by atoms with Gasteiger partial charge in [-0.15, -0.1) is 0 Å². The fraction of sp³-hybridized carbons (Fsp3) is 0.542. The molecule has 3 rings (SSSR count). The molecular weight excluding hydrogens is 366 g/mol. The Kier molecular flexibility index (Phi) is 7.24. The van der Waals surface area contributed by atoms with Crippen LogP contribution in [0.1, 0.15) is 70.8 Å². The summed E-state index contributed by atoms with van der Waals surface area (Å²) < 4.78 is 11.6. The van der Waals surface area contributed by atoms with Gasteiger partial charge >= 0.3 is 5.97 Å². The number of carbonyl (C=O) groups excluding carboxylic acids is 2. The first-order valence-electron chi connectivity index (χ1n) is 10.8. The summed E-state index contributed by atoms with van der Waals surface area (Å²) in [7, 11) is 0. The van der Waals surface area contributed by atoms with Gasteiger partial charge in [0.1, 0.15) is 11.5 Å². The molecule has 156 valence electrons. The van der Waals surface area contributed by atoms with Crippen molar-refractivity contribution >= 4 is 17.5 Å². The molecule has 1 unspecified atom stereocenters. The number of allylic oxidation sites excluding steroid dienone is 1. The average molecular weight is 398 g/mol. The minimum absolute atomic E-state index is 0.150. The number of Topliss-reactive ketones (excluding diaryl/α,β-unsaturated/α-hetero) is 1. The molecule has 0 spiro atoms. The van der Waals surface area contributed by atoms with Crippen molar-refractivity contribution in [3.05, 3.63) is 41.1 Å². The molecular formula is C24H31NO4. The maximum Gasteiger partial charge on any atom is 0.336 e. The summed E-state index contributed by atoms with van der Waals surface area (Å²) in [5, 5.41) is 0. The zero-order valence-electron chi connectivity index (χ0n) is 17.7. The van der Waals surface area contributed by atoms with Gasteiger partial charge in [0.25, 0.3) is 0 Å². The molecule has 1 aromatic carbocycles. The van der Waals surface area contributed by atoms with Crippen LogP contribution >= 0.6 is 0 Å². The van der Waals surface area contributed by atoms with Crippen LogP contribution in [0, 0.1) is 5.92 Å². The number of ether oxygens (including phenoxy) is 2. The molecule has 5 heteroatoms. The van der Waals surface area contributed by atoms with Crippen molar-refractivity contribution in [2.75, 3.05) is 13.2 Å². The number of aliphatic imine (C=N–C) groups is 1. The highest BCUT2D eigenvalue weighted by Crippen LogP contribution is 2.45. The summed E-state index contributed by atoms with van der Waals surface area (Å²) in [5.74, 6) is -0.306. The Morgan fingerprint density at radius 1 is 1.10 bits per heavy atom. The first-order valence-corrected chi connectivity index (χ1v) is 10.8. The van der Waals surface area contributed by atoms with E-state index in [4.69, 9.17) is 9.47 Å². The number of nitrogens with zero attached hydrogens (tertiary/aromatic N) is 1. The zero-order valence-corrected chi connectivity index (χ0v) is 17.7. The molecule has 0 N–H and O–H groups in total. The average Bonchev–Trinajstić information content (AvgIpc) is 2.72. The highest BCUT2D eigenvalue weighted by atomic mass is 16.5. The van der Waals surface area contributed by atoms with Crippen molar-refractivity contribution in [3.8, 4) is 5.75 Å². The Morgan fingerprint density at radius 2 is 1.90 bits per heavy atom. The molecule has 2 aliphatic rings. The lowest BCUT2D eigenvalue weighted by Crippen LogP contribution is -2.39. The fourth-order valence-electron chi connectivity index (χ4n) is 4.19. The summed E-state index contributed by atoms with van der Waals surface area (Å²) in [4.78, 5) is 30.7. The van der Waals surface area contributed by atoms with Crippen molar-refractivity contribution in [1.29, 1.82) is 0 Å². The van der Waals surface area contributed by atoms with Gasteiger partial charge in [0, 0.05) is 29.3 Å². The highest BCUT2D eigenvalue weighted by molar-refractivity contribution is 6.11. The van der Waals surface area contributed by atoms with E-state index in [0.29, 0.717) is 30.9 Å². The molecule has 0 aromatic heterocycles. The molecule has 0 amide bonds. The molecule has 1 aliphatic carbocycles. The SMILES string of the molecule is CCCCOc1ccccc1[C@@H]1C(C(=O)OCCC)=C(C)N=C2CCCC(=O)C21. The van der Waals surface area contributed by atoms with E-state index in [1.165, 1.54) is 0 Å². The van der Waals surface area contributed by atoms with Crippen LogP contribution in [0.5, 0.6) is 5.75 Å². The van der Waals surface area contributed by atoms with E-state index in [1.54, 1.807) is 0 Å². The number of unbranched alkanes of at least 4 members (excludes halogenated alkanes) is 1. The van der Waals surface area contributed by atoms with Crippen LogP contribution in [0.25, 0.3) is 0 Å². The van der Waals surface area contributed by atoms with E-state index < -0.39 is 11.8 Å². The Labute approximate surface area is 173 Å². The van der Waals surface area contributed by atoms with Crippen molar-refractivity contribution < 1.29 is 19.1 Å². The number of hydrogen-bond donors (Lipinski definition) is 0. The minimum atomic E-state index is -0.410. The number of hydrogen-bond acceptors (Lipinski definition) is 5. The highest BCUT2D eigenvalue weighted by Gasteiger charge is 2.44. The third-order valence-electron chi connectivity index (χ3n) is 5.57. The predicted molar refractivity (Wildman–Crippen MR) is 113 cm³/mol. The van der Waals surface area contributed by atoms with Gasteiger partial charge in [-0.3, -0.25) is 9.79 Å². The summed E-state index contributed by atoms with van der Waals surface area (Å²) in [6, 6.07) is 7.76. The van der Waals surface area contributed by atoms with Crippen LogP contribution in [0.15, 0.2) is 40.5 Å². The van der Waals surface area contributed by atoms with Crippen LogP contribution in [-0.2, 0) is 14.3 Å². The van der Waals surface area contributed by atoms with Gasteiger partial charge in [0.05, 0.1) is 24.7 Å². The quantitative estimate of drug-likeness (QED) is 0.457. The number of fused-ring (bicyclic) bond motifs is 1. The first-order chi connectivity index (χ1) is 14.1. The van der Waals surface area contributed by atoms with Crippen LogP contribution in [0.4, 0.5) is 0 Å². The van der Waals surface area contributed by atoms with Crippen molar-refractivity contribution in [2.45, 2.75) is 65.2 Å². The molecule has 1 aliphatic heterocycles. The van der Waals surface area contributed by atoms with Gasteiger partial charge in [-0.05, 0) is 38.7 Å². The molecule has 5 nitrogen and oxygen atoms in total. The molecule has 0 saturated heterocycles. The van der Waals surface area contributed by atoms with Crippen LogP contribution in [-0.4, -0.2) is 30.7 Å². The van der Waals surface area contributed by atoms with Gasteiger partial charge < -0.3 is 9.47 Å².